The van der Waals surface area contributed by atoms with E-state index in [1.165, 1.54) is 18.7 Å². The molecule has 0 aliphatic carbocycles. The van der Waals surface area contributed by atoms with Crippen LogP contribution in [-0.2, 0) is 19.5 Å². The number of fused-ring (bicyclic) bond motifs is 1. The molecule has 0 N–H and O–H groups in total. The molecule has 0 saturated heterocycles. The Balaban J connectivity index is 1.65. The molecular formula is C25H29N3O4. The normalized spacial score (nSPS) is 15.0. The summed E-state index contributed by atoms with van der Waals surface area (Å²) in [4.78, 5) is 30.4. The van der Waals surface area contributed by atoms with Gasteiger partial charge in [-0.3, -0.25) is 14.5 Å². The molecule has 0 fully saturated rings. The highest BCUT2D eigenvalue weighted by Crippen LogP contribution is 2.28. The van der Waals surface area contributed by atoms with Crippen LogP contribution in [0.15, 0.2) is 64.0 Å². The summed E-state index contributed by atoms with van der Waals surface area (Å²) in [5.41, 5.74) is 2.27. The van der Waals surface area contributed by atoms with E-state index >= 15 is 0 Å². The first-order valence-corrected chi connectivity index (χ1v) is 10.9. The summed E-state index contributed by atoms with van der Waals surface area (Å²) in [7, 11) is 3.24. The summed E-state index contributed by atoms with van der Waals surface area (Å²) in [5.74, 6) is 0.834. The van der Waals surface area contributed by atoms with Crippen LogP contribution in [0.25, 0.3) is 0 Å². The predicted octanol–water partition coefficient (Wildman–Crippen LogP) is 3.34. The number of pyridine rings is 1. The smallest absolute Gasteiger partial charge is 0.259 e. The second-order valence-corrected chi connectivity index (χ2v) is 8.14. The van der Waals surface area contributed by atoms with Crippen molar-refractivity contribution in [1.29, 1.82) is 0 Å². The van der Waals surface area contributed by atoms with Crippen molar-refractivity contribution >= 4 is 5.91 Å². The lowest BCUT2D eigenvalue weighted by atomic mass is 10.1. The Morgan fingerprint density at radius 1 is 1.16 bits per heavy atom. The highest BCUT2D eigenvalue weighted by atomic mass is 16.5. The summed E-state index contributed by atoms with van der Waals surface area (Å²) in [6.07, 6.45) is 2.18. The van der Waals surface area contributed by atoms with Crippen LogP contribution < -0.4 is 10.3 Å². The Morgan fingerprint density at radius 3 is 2.62 bits per heavy atom. The van der Waals surface area contributed by atoms with E-state index in [9.17, 15) is 9.59 Å². The van der Waals surface area contributed by atoms with Gasteiger partial charge in [0.15, 0.2) is 0 Å². The molecule has 0 saturated carbocycles. The molecule has 7 heteroatoms. The number of carbonyl (C=O) groups is 1. The van der Waals surface area contributed by atoms with Gasteiger partial charge in [-0.25, -0.2) is 0 Å². The van der Waals surface area contributed by atoms with E-state index < -0.39 is 0 Å². The third-order valence-corrected chi connectivity index (χ3v) is 6.23. The Morgan fingerprint density at radius 2 is 1.94 bits per heavy atom. The van der Waals surface area contributed by atoms with Gasteiger partial charge in [0.1, 0.15) is 17.1 Å². The largest absolute Gasteiger partial charge is 0.496 e. The second kappa shape index (κ2) is 9.44. The molecule has 1 aliphatic heterocycles. The number of furan rings is 1. The molecule has 3 aromatic rings. The minimum absolute atomic E-state index is 0.142. The predicted molar refractivity (Wildman–Crippen MR) is 122 cm³/mol. The number of hydrogen-bond donors (Lipinski definition) is 0. The van der Waals surface area contributed by atoms with Crippen molar-refractivity contribution < 1.29 is 13.9 Å². The number of ether oxygens (including phenoxy) is 1. The number of nitrogens with zero attached hydrogens (tertiary/aromatic N) is 3. The van der Waals surface area contributed by atoms with Crippen molar-refractivity contribution in [2.45, 2.75) is 32.5 Å². The van der Waals surface area contributed by atoms with Crippen molar-refractivity contribution in [3.05, 3.63) is 87.7 Å². The number of methoxy groups -OCH3 is 1. The molecule has 0 radical (unpaired) electrons. The van der Waals surface area contributed by atoms with Crippen LogP contribution in [0.3, 0.4) is 0 Å². The molecule has 1 aliphatic rings. The maximum absolute atomic E-state index is 13.6. The van der Waals surface area contributed by atoms with Gasteiger partial charge in [-0.15, -0.1) is 0 Å². The van der Waals surface area contributed by atoms with E-state index in [1.807, 2.05) is 31.2 Å². The fourth-order valence-corrected chi connectivity index (χ4v) is 4.26. The van der Waals surface area contributed by atoms with Crippen LogP contribution >= 0.6 is 0 Å². The lowest BCUT2D eigenvalue weighted by molar-refractivity contribution is 0.0720. The number of benzene rings is 1. The summed E-state index contributed by atoms with van der Waals surface area (Å²) >= 11 is 0. The summed E-state index contributed by atoms with van der Waals surface area (Å²) in [6.45, 7) is 4.74. The lowest BCUT2D eigenvalue weighted by Gasteiger charge is -2.26. The first-order chi connectivity index (χ1) is 15.5. The number of rotatable bonds is 6. The number of aromatic nitrogens is 1. The average Bonchev–Trinajstić information content (AvgIpc) is 3.27. The molecule has 2 aromatic heterocycles. The molecule has 4 rings (SSSR count). The van der Waals surface area contributed by atoms with E-state index in [2.05, 4.69) is 17.0 Å². The van der Waals surface area contributed by atoms with E-state index in [0.717, 1.165) is 25.3 Å². The Hall–Kier alpha value is -3.32. The van der Waals surface area contributed by atoms with Crippen LogP contribution in [0.2, 0.25) is 0 Å². The third-order valence-electron chi connectivity index (χ3n) is 6.23. The zero-order chi connectivity index (χ0) is 22.7. The quantitative estimate of drug-likeness (QED) is 0.594. The third kappa shape index (κ3) is 4.34. The van der Waals surface area contributed by atoms with Crippen LogP contribution in [0.1, 0.15) is 40.3 Å². The van der Waals surface area contributed by atoms with Gasteiger partial charge >= 0.3 is 0 Å². The standard InChI is InChI=1S/C25H29N3O4/c1-18(21-10-7-15-32-21)26(2)25(30)24-20-11-12-27(17-19-8-5-4-6-9-19)13-14-28(20)23(29)16-22(24)31-3/h4-10,15-16,18H,11-14,17H2,1-3H3/t18-/m0/s1. The van der Waals surface area contributed by atoms with Crippen molar-refractivity contribution in [3.8, 4) is 5.75 Å². The van der Waals surface area contributed by atoms with Crippen LogP contribution in [0.5, 0.6) is 5.75 Å². The maximum Gasteiger partial charge on any atom is 0.259 e. The van der Waals surface area contributed by atoms with Gasteiger partial charge in [-0.2, -0.15) is 0 Å². The van der Waals surface area contributed by atoms with Crippen LogP contribution in [0, 0.1) is 0 Å². The molecule has 168 valence electrons. The van der Waals surface area contributed by atoms with Crippen molar-refractivity contribution in [2.24, 2.45) is 0 Å². The van der Waals surface area contributed by atoms with Crippen molar-refractivity contribution in [1.82, 2.24) is 14.4 Å². The second-order valence-electron chi connectivity index (χ2n) is 8.14. The first kappa shape index (κ1) is 21.9. The van der Waals surface area contributed by atoms with Gasteiger partial charge in [-0.05, 0) is 24.6 Å². The molecular weight excluding hydrogens is 406 g/mol. The zero-order valence-corrected chi connectivity index (χ0v) is 18.8. The van der Waals surface area contributed by atoms with Gasteiger partial charge in [-0.1, -0.05) is 30.3 Å². The zero-order valence-electron chi connectivity index (χ0n) is 18.8. The van der Waals surface area contributed by atoms with E-state index in [4.69, 9.17) is 9.15 Å². The molecule has 0 spiro atoms. The maximum atomic E-state index is 13.6. The molecule has 3 heterocycles. The van der Waals surface area contributed by atoms with Gasteiger partial charge in [0, 0.05) is 51.4 Å². The topological polar surface area (TPSA) is 67.9 Å². The summed E-state index contributed by atoms with van der Waals surface area (Å²) in [6, 6.07) is 15.1. The van der Waals surface area contributed by atoms with E-state index in [-0.39, 0.29) is 17.5 Å². The van der Waals surface area contributed by atoms with Crippen LogP contribution in [-0.4, -0.2) is 47.5 Å². The lowest BCUT2D eigenvalue weighted by Crippen LogP contribution is -2.34. The molecule has 1 atom stereocenters. The minimum atomic E-state index is -0.254. The van der Waals surface area contributed by atoms with E-state index in [0.29, 0.717) is 30.0 Å². The monoisotopic (exact) mass is 435 g/mol. The molecule has 1 aromatic carbocycles. The molecule has 1 amide bonds. The molecule has 0 unspecified atom stereocenters. The van der Waals surface area contributed by atoms with Crippen LogP contribution in [0.4, 0.5) is 0 Å². The number of carbonyl (C=O) groups excluding carboxylic acids is 1. The summed E-state index contributed by atoms with van der Waals surface area (Å²) < 4.78 is 12.7. The minimum Gasteiger partial charge on any atom is -0.496 e. The van der Waals surface area contributed by atoms with Gasteiger partial charge < -0.3 is 18.6 Å². The fraction of sp³-hybridized carbons (Fsp3) is 0.360. The van der Waals surface area contributed by atoms with Gasteiger partial charge in [0.05, 0.1) is 19.4 Å². The first-order valence-electron chi connectivity index (χ1n) is 10.9. The summed E-state index contributed by atoms with van der Waals surface area (Å²) in [5, 5.41) is 0. The highest BCUT2D eigenvalue weighted by Gasteiger charge is 2.29. The Kier molecular flexibility index (Phi) is 6.46. The number of hydrogen-bond acceptors (Lipinski definition) is 5. The van der Waals surface area contributed by atoms with Gasteiger partial charge in [0.25, 0.3) is 11.5 Å². The molecule has 0 bridgehead atoms. The number of amides is 1. The molecule has 32 heavy (non-hydrogen) atoms. The Bertz CT molecular complexity index is 1120. The Labute approximate surface area is 187 Å². The average molecular weight is 436 g/mol. The van der Waals surface area contributed by atoms with E-state index in [1.54, 1.807) is 28.8 Å². The fourth-order valence-electron chi connectivity index (χ4n) is 4.26. The van der Waals surface area contributed by atoms with Crippen molar-refractivity contribution in [2.75, 3.05) is 27.2 Å². The van der Waals surface area contributed by atoms with Gasteiger partial charge in [0.2, 0.25) is 0 Å². The SMILES string of the molecule is COc1cc(=O)n2c(c1C(=O)N(C)[C@@H](C)c1ccco1)CCN(Cc1ccccc1)CC2. The highest BCUT2D eigenvalue weighted by molar-refractivity contribution is 5.98. The van der Waals surface area contributed by atoms with Crippen molar-refractivity contribution in [3.63, 3.8) is 0 Å². The molecule has 7 nitrogen and oxygen atoms in total.